The number of carbonyl (C=O) groups is 2. The number of aromatic nitrogens is 1. The minimum atomic E-state index is -0.774. The van der Waals surface area contributed by atoms with E-state index in [4.69, 9.17) is 20.0 Å². The summed E-state index contributed by atoms with van der Waals surface area (Å²) in [6.07, 6.45) is 0. The number of nitrogens with zero attached hydrogens (tertiary/aromatic N) is 1. The Bertz CT molecular complexity index is 912. The SMILES string of the molecule is COC(=O)c1ccc(C(=O)N[C@@H]2COC[C@@H]2N)c(=O)n1OCc1ccccc1. The first-order valence-corrected chi connectivity index (χ1v) is 8.67. The lowest BCUT2D eigenvalue weighted by atomic mass is 10.1. The molecule has 1 aromatic heterocycles. The van der Waals surface area contributed by atoms with E-state index in [0.29, 0.717) is 6.61 Å². The number of pyridine rings is 1. The van der Waals surface area contributed by atoms with Gasteiger partial charge < -0.3 is 25.4 Å². The van der Waals surface area contributed by atoms with Crippen LogP contribution in [0.15, 0.2) is 47.3 Å². The van der Waals surface area contributed by atoms with Crippen LogP contribution in [0.25, 0.3) is 0 Å². The van der Waals surface area contributed by atoms with E-state index >= 15 is 0 Å². The number of rotatable bonds is 6. The van der Waals surface area contributed by atoms with E-state index in [-0.39, 0.29) is 30.5 Å². The van der Waals surface area contributed by atoms with Gasteiger partial charge in [0, 0.05) is 0 Å². The third-order valence-electron chi connectivity index (χ3n) is 4.32. The molecule has 0 unspecified atom stereocenters. The fraction of sp³-hybridized carbons (Fsp3) is 0.316. The fourth-order valence-electron chi connectivity index (χ4n) is 2.76. The summed E-state index contributed by atoms with van der Waals surface area (Å²) in [6.45, 7) is 0.625. The zero-order valence-electron chi connectivity index (χ0n) is 15.3. The molecule has 0 radical (unpaired) electrons. The molecule has 0 saturated carbocycles. The minimum Gasteiger partial charge on any atom is -0.464 e. The Morgan fingerprint density at radius 2 is 1.96 bits per heavy atom. The number of nitrogens with two attached hydrogens (primary N) is 1. The number of esters is 1. The maximum absolute atomic E-state index is 12.8. The van der Waals surface area contributed by atoms with Gasteiger partial charge in [-0.25, -0.2) is 4.79 Å². The van der Waals surface area contributed by atoms with Gasteiger partial charge in [-0.2, -0.15) is 0 Å². The zero-order chi connectivity index (χ0) is 20.1. The predicted molar refractivity (Wildman–Crippen MR) is 98.8 cm³/mol. The number of hydrogen-bond donors (Lipinski definition) is 2. The highest BCUT2D eigenvalue weighted by molar-refractivity contribution is 5.95. The highest BCUT2D eigenvalue weighted by Crippen LogP contribution is 2.07. The Morgan fingerprint density at radius 1 is 1.21 bits per heavy atom. The molecule has 0 bridgehead atoms. The van der Waals surface area contributed by atoms with Crippen LogP contribution in [0.4, 0.5) is 0 Å². The van der Waals surface area contributed by atoms with Crippen LogP contribution in [0, 0.1) is 0 Å². The van der Waals surface area contributed by atoms with E-state index in [0.717, 1.165) is 10.3 Å². The third-order valence-corrected chi connectivity index (χ3v) is 4.32. The molecule has 1 aliphatic heterocycles. The van der Waals surface area contributed by atoms with Crippen molar-refractivity contribution in [3.05, 3.63) is 69.6 Å². The van der Waals surface area contributed by atoms with Crippen molar-refractivity contribution in [3.8, 4) is 0 Å². The summed E-state index contributed by atoms with van der Waals surface area (Å²) in [5, 5.41) is 2.68. The first-order chi connectivity index (χ1) is 13.5. The highest BCUT2D eigenvalue weighted by atomic mass is 16.7. The fourth-order valence-corrected chi connectivity index (χ4v) is 2.76. The number of amides is 1. The molecule has 0 spiro atoms. The van der Waals surface area contributed by atoms with Crippen molar-refractivity contribution in [2.24, 2.45) is 5.73 Å². The molecule has 2 heterocycles. The first-order valence-electron chi connectivity index (χ1n) is 8.67. The monoisotopic (exact) mass is 387 g/mol. The van der Waals surface area contributed by atoms with E-state index in [1.807, 2.05) is 18.2 Å². The van der Waals surface area contributed by atoms with Gasteiger partial charge in [-0.1, -0.05) is 30.3 Å². The van der Waals surface area contributed by atoms with E-state index in [1.165, 1.54) is 19.2 Å². The molecule has 1 fully saturated rings. The lowest BCUT2D eigenvalue weighted by Crippen LogP contribution is -2.48. The van der Waals surface area contributed by atoms with Gasteiger partial charge in [0.1, 0.15) is 12.2 Å². The summed E-state index contributed by atoms with van der Waals surface area (Å²) in [7, 11) is 1.19. The van der Waals surface area contributed by atoms with Gasteiger partial charge in [0.15, 0.2) is 5.69 Å². The maximum Gasteiger partial charge on any atom is 0.358 e. The Kier molecular flexibility index (Phi) is 6.07. The molecule has 1 aromatic carbocycles. The summed E-state index contributed by atoms with van der Waals surface area (Å²) in [5.41, 5.74) is 5.57. The third kappa shape index (κ3) is 4.21. The number of benzene rings is 1. The lowest BCUT2D eigenvalue weighted by molar-refractivity contribution is 0.0456. The Labute approximate surface area is 161 Å². The second kappa shape index (κ2) is 8.68. The summed E-state index contributed by atoms with van der Waals surface area (Å²) >= 11 is 0. The van der Waals surface area contributed by atoms with E-state index in [1.54, 1.807) is 12.1 Å². The molecule has 1 saturated heterocycles. The minimum absolute atomic E-state index is 0.0250. The van der Waals surface area contributed by atoms with Crippen LogP contribution in [0.5, 0.6) is 0 Å². The molecule has 28 heavy (non-hydrogen) atoms. The predicted octanol–water partition coefficient (Wildman–Crippen LogP) is -0.280. The Balaban J connectivity index is 1.88. The average Bonchev–Trinajstić information content (AvgIpc) is 3.11. The summed E-state index contributed by atoms with van der Waals surface area (Å²) in [5.74, 6) is -1.38. The van der Waals surface area contributed by atoms with Crippen LogP contribution in [-0.4, -0.2) is 49.0 Å². The number of carbonyl (C=O) groups excluding carboxylic acids is 2. The van der Waals surface area contributed by atoms with Crippen molar-refractivity contribution in [2.45, 2.75) is 18.7 Å². The normalized spacial score (nSPS) is 18.5. The molecule has 1 aliphatic rings. The van der Waals surface area contributed by atoms with Crippen molar-refractivity contribution in [2.75, 3.05) is 20.3 Å². The van der Waals surface area contributed by atoms with Crippen LogP contribution in [0.1, 0.15) is 26.4 Å². The molecule has 9 nitrogen and oxygen atoms in total. The molecule has 148 valence electrons. The molecule has 0 aliphatic carbocycles. The Morgan fingerprint density at radius 3 is 2.61 bits per heavy atom. The number of nitrogens with one attached hydrogen (secondary N) is 1. The molecule has 3 N–H and O–H groups in total. The van der Waals surface area contributed by atoms with Crippen LogP contribution >= 0.6 is 0 Å². The number of methoxy groups -OCH3 is 1. The summed E-state index contributed by atoms with van der Waals surface area (Å²) in [6, 6.07) is 10.9. The molecule has 1 amide bonds. The van der Waals surface area contributed by atoms with Gasteiger partial charge in [-0.3, -0.25) is 9.59 Å². The van der Waals surface area contributed by atoms with Gasteiger partial charge in [0.05, 0.1) is 32.4 Å². The summed E-state index contributed by atoms with van der Waals surface area (Å²) < 4.78 is 10.7. The van der Waals surface area contributed by atoms with Crippen LogP contribution < -0.4 is 21.4 Å². The van der Waals surface area contributed by atoms with Gasteiger partial charge in [0.2, 0.25) is 0 Å². The number of ether oxygens (including phenoxy) is 2. The molecular weight excluding hydrogens is 366 g/mol. The smallest absolute Gasteiger partial charge is 0.358 e. The Hall–Kier alpha value is -3.17. The standard InChI is InChI=1S/C19H21N3O6/c1-26-19(25)16-8-7-13(17(23)21-15-11-27-10-14(15)20)18(24)22(16)28-9-12-5-3-2-4-6-12/h2-8,14-15H,9-11,20H2,1H3,(H,21,23)/t14-,15+/m0/s1. The maximum atomic E-state index is 12.8. The molecule has 2 atom stereocenters. The topological polar surface area (TPSA) is 122 Å². The number of hydrogen-bond acceptors (Lipinski definition) is 7. The van der Waals surface area contributed by atoms with E-state index in [9.17, 15) is 14.4 Å². The van der Waals surface area contributed by atoms with Crippen LogP contribution in [0.2, 0.25) is 0 Å². The quantitative estimate of drug-likeness (QED) is 0.654. The largest absolute Gasteiger partial charge is 0.464 e. The highest BCUT2D eigenvalue weighted by Gasteiger charge is 2.28. The molecule has 3 rings (SSSR count). The van der Waals surface area contributed by atoms with E-state index < -0.39 is 23.5 Å². The van der Waals surface area contributed by atoms with Crippen LogP contribution in [0.3, 0.4) is 0 Å². The van der Waals surface area contributed by atoms with E-state index in [2.05, 4.69) is 5.32 Å². The average molecular weight is 387 g/mol. The second-order valence-corrected chi connectivity index (χ2v) is 6.26. The lowest BCUT2D eigenvalue weighted by Gasteiger charge is -2.17. The molecular formula is C19H21N3O6. The van der Waals surface area contributed by atoms with Crippen molar-refractivity contribution in [1.29, 1.82) is 0 Å². The van der Waals surface area contributed by atoms with Gasteiger partial charge in [0.25, 0.3) is 11.5 Å². The van der Waals surface area contributed by atoms with Crippen molar-refractivity contribution >= 4 is 11.9 Å². The molecule has 2 aromatic rings. The van der Waals surface area contributed by atoms with Crippen molar-refractivity contribution in [3.63, 3.8) is 0 Å². The second-order valence-electron chi connectivity index (χ2n) is 6.26. The van der Waals surface area contributed by atoms with Gasteiger partial charge in [-0.05, 0) is 17.7 Å². The molecule has 9 heteroatoms. The van der Waals surface area contributed by atoms with Crippen molar-refractivity contribution < 1.29 is 23.9 Å². The van der Waals surface area contributed by atoms with Gasteiger partial charge in [-0.15, -0.1) is 4.73 Å². The zero-order valence-corrected chi connectivity index (χ0v) is 15.3. The first kappa shape index (κ1) is 19.6. The van der Waals surface area contributed by atoms with Gasteiger partial charge >= 0.3 is 5.97 Å². The summed E-state index contributed by atoms with van der Waals surface area (Å²) in [4.78, 5) is 42.9. The van der Waals surface area contributed by atoms with Crippen molar-refractivity contribution in [1.82, 2.24) is 10.0 Å². The van der Waals surface area contributed by atoms with Crippen LogP contribution in [-0.2, 0) is 16.1 Å².